The summed E-state index contributed by atoms with van der Waals surface area (Å²) in [5.41, 5.74) is -0.985. The van der Waals surface area contributed by atoms with Crippen molar-refractivity contribution in [2.75, 3.05) is 20.1 Å². The van der Waals surface area contributed by atoms with Gasteiger partial charge in [-0.25, -0.2) is 4.79 Å². The number of fused-ring (bicyclic) bond motifs is 1. The van der Waals surface area contributed by atoms with Crippen molar-refractivity contribution < 1.29 is 19.4 Å². The lowest BCUT2D eigenvalue weighted by molar-refractivity contribution is 0.0735. The highest BCUT2D eigenvalue weighted by Gasteiger charge is 2.38. The third-order valence-electron chi connectivity index (χ3n) is 5.22. The highest BCUT2D eigenvalue weighted by atomic mass is 35.5. The van der Waals surface area contributed by atoms with Crippen LogP contribution in [0.3, 0.4) is 0 Å². The van der Waals surface area contributed by atoms with Gasteiger partial charge in [-0.15, -0.1) is 0 Å². The van der Waals surface area contributed by atoms with Crippen molar-refractivity contribution in [3.05, 3.63) is 51.2 Å². The minimum absolute atomic E-state index is 0.0972. The minimum Gasteiger partial charge on any atom is -0.501 e. The molecule has 0 bridgehead atoms. The first-order valence-electron chi connectivity index (χ1n) is 9.20. The summed E-state index contributed by atoms with van der Waals surface area (Å²) in [6.45, 7) is 1.17. The molecule has 1 atom stereocenters. The minimum atomic E-state index is -0.888. The summed E-state index contributed by atoms with van der Waals surface area (Å²) in [6.07, 6.45) is 0.622. The smallest absolute Gasteiger partial charge is 0.415 e. The first-order valence-corrected chi connectivity index (χ1v) is 9.58. The number of likely N-dealkylation sites (N-methyl/N-ethyl adjacent to an activating group) is 1. The molecule has 0 radical (unpaired) electrons. The van der Waals surface area contributed by atoms with Gasteiger partial charge in [-0.2, -0.15) is 4.98 Å². The highest BCUT2D eigenvalue weighted by Crippen LogP contribution is 2.34. The molecule has 4 rings (SSSR count). The predicted molar refractivity (Wildman–Crippen MR) is 103 cm³/mol. The predicted octanol–water partition coefficient (Wildman–Crippen LogP) is 2.02. The van der Waals surface area contributed by atoms with Gasteiger partial charge in [0.1, 0.15) is 5.82 Å². The van der Waals surface area contributed by atoms with Crippen molar-refractivity contribution in [1.82, 2.24) is 19.4 Å². The SMILES string of the molecule is CN1CCn2c(C3CCCN3C(=O)Oc3ccccc3Cl)nc(=O)c(O)c2C1=O. The summed E-state index contributed by atoms with van der Waals surface area (Å²) in [7, 11) is 1.60. The van der Waals surface area contributed by atoms with Gasteiger partial charge in [0.05, 0.1) is 11.1 Å². The Morgan fingerprint density at radius 3 is 2.76 bits per heavy atom. The van der Waals surface area contributed by atoms with E-state index in [2.05, 4.69) is 4.98 Å². The van der Waals surface area contributed by atoms with Gasteiger partial charge in [-0.3, -0.25) is 14.5 Å². The maximum Gasteiger partial charge on any atom is 0.415 e. The molecule has 29 heavy (non-hydrogen) atoms. The average Bonchev–Trinajstić information content (AvgIpc) is 3.18. The van der Waals surface area contributed by atoms with E-state index in [1.54, 1.807) is 31.3 Å². The number of aromatic hydroxyl groups is 1. The lowest BCUT2D eigenvalue weighted by atomic mass is 10.1. The van der Waals surface area contributed by atoms with E-state index in [0.717, 1.165) is 0 Å². The number of halogens is 1. The van der Waals surface area contributed by atoms with Crippen LogP contribution in [0.2, 0.25) is 5.02 Å². The summed E-state index contributed by atoms with van der Waals surface area (Å²) in [4.78, 5) is 44.4. The van der Waals surface area contributed by atoms with Crippen LogP contribution in [0, 0.1) is 0 Å². The Morgan fingerprint density at radius 2 is 2.00 bits per heavy atom. The van der Waals surface area contributed by atoms with Crippen LogP contribution in [0.15, 0.2) is 29.1 Å². The fourth-order valence-corrected chi connectivity index (χ4v) is 3.90. The Balaban J connectivity index is 1.70. The third-order valence-corrected chi connectivity index (χ3v) is 5.53. The molecule has 0 saturated carbocycles. The number of hydrogen-bond donors (Lipinski definition) is 1. The largest absolute Gasteiger partial charge is 0.501 e. The first kappa shape index (κ1) is 19.3. The summed E-state index contributed by atoms with van der Waals surface area (Å²) >= 11 is 6.07. The van der Waals surface area contributed by atoms with Crippen LogP contribution in [-0.2, 0) is 6.54 Å². The van der Waals surface area contributed by atoms with Crippen molar-refractivity contribution in [2.45, 2.75) is 25.4 Å². The highest BCUT2D eigenvalue weighted by molar-refractivity contribution is 6.32. The average molecular weight is 419 g/mol. The summed E-state index contributed by atoms with van der Waals surface area (Å²) in [5, 5.41) is 10.4. The molecular weight excluding hydrogens is 400 g/mol. The topological polar surface area (TPSA) is 105 Å². The third kappa shape index (κ3) is 3.31. The molecule has 10 heteroatoms. The van der Waals surface area contributed by atoms with Gasteiger partial charge in [0.2, 0.25) is 5.75 Å². The molecule has 2 aliphatic rings. The van der Waals surface area contributed by atoms with E-state index < -0.39 is 29.4 Å². The molecule has 1 unspecified atom stereocenters. The van der Waals surface area contributed by atoms with Gasteiger partial charge in [0.15, 0.2) is 11.4 Å². The van der Waals surface area contributed by atoms with E-state index in [0.29, 0.717) is 37.5 Å². The maximum atomic E-state index is 12.8. The van der Waals surface area contributed by atoms with Gasteiger partial charge in [0, 0.05) is 26.7 Å². The molecule has 9 nitrogen and oxygen atoms in total. The van der Waals surface area contributed by atoms with Gasteiger partial charge >= 0.3 is 11.7 Å². The second kappa shape index (κ2) is 7.40. The molecular formula is C19H19ClN4O5. The first-order chi connectivity index (χ1) is 13.9. The summed E-state index contributed by atoms with van der Waals surface area (Å²) in [5.74, 6) is -0.622. The molecule has 152 valence electrons. The molecule has 2 aliphatic heterocycles. The van der Waals surface area contributed by atoms with Crippen LogP contribution in [0.1, 0.15) is 35.2 Å². The Labute approximate surface area is 171 Å². The zero-order valence-corrected chi connectivity index (χ0v) is 16.4. The van der Waals surface area contributed by atoms with Gasteiger partial charge in [-0.1, -0.05) is 23.7 Å². The zero-order chi connectivity index (χ0) is 20.7. The number of amides is 2. The molecule has 2 amide bonds. The summed E-state index contributed by atoms with van der Waals surface area (Å²) < 4.78 is 6.96. The molecule has 0 aliphatic carbocycles. The molecule has 1 aromatic carbocycles. The van der Waals surface area contributed by atoms with E-state index in [1.807, 2.05) is 0 Å². The lowest BCUT2D eigenvalue weighted by Gasteiger charge is -2.31. The van der Waals surface area contributed by atoms with E-state index in [1.165, 1.54) is 14.4 Å². The number of carbonyl (C=O) groups excluding carboxylic acids is 2. The molecule has 1 N–H and O–H groups in total. The summed E-state index contributed by atoms with van der Waals surface area (Å²) in [6, 6.07) is 6.09. The monoisotopic (exact) mass is 418 g/mol. The number of carbonyl (C=O) groups is 2. The van der Waals surface area contributed by atoms with E-state index in [-0.39, 0.29) is 17.3 Å². The lowest BCUT2D eigenvalue weighted by Crippen LogP contribution is -2.43. The number of benzene rings is 1. The Kier molecular flexibility index (Phi) is 4.91. The number of nitrogens with zero attached hydrogens (tertiary/aromatic N) is 4. The van der Waals surface area contributed by atoms with Gasteiger partial charge in [0.25, 0.3) is 5.91 Å². The number of rotatable bonds is 2. The van der Waals surface area contributed by atoms with E-state index >= 15 is 0 Å². The van der Waals surface area contributed by atoms with Crippen LogP contribution in [-0.4, -0.2) is 56.6 Å². The molecule has 1 aromatic heterocycles. The number of likely N-dealkylation sites (tertiary alicyclic amines) is 1. The van der Waals surface area contributed by atoms with Crippen LogP contribution in [0.5, 0.6) is 11.5 Å². The quantitative estimate of drug-likeness (QED) is 0.800. The van der Waals surface area contributed by atoms with Crippen LogP contribution in [0.4, 0.5) is 4.79 Å². The second-order valence-electron chi connectivity index (χ2n) is 7.00. The Hall–Kier alpha value is -3.07. The number of hydrogen-bond acceptors (Lipinski definition) is 6. The number of ether oxygens (including phenoxy) is 1. The van der Waals surface area contributed by atoms with Crippen molar-refractivity contribution in [3.8, 4) is 11.5 Å². The fourth-order valence-electron chi connectivity index (χ4n) is 3.72. The van der Waals surface area contributed by atoms with Crippen LogP contribution < -0.4 is 10.3 Å². The van der Waals surface area contributed by atoms with Crippen molar-refractivity contribution in [3.63, 3.8) is 0 Å². The fraction of sp³-hybridized carbons (Fsp3) is 0.368. The zero-order valence-electron chi connectivity index (χ0n) is 15.7. The number of aromatic nitrogens is 2. The van der Waals surface area contributed by atoms with E-state index in [4.69, 9.17) is 16.3 Å². The molecule has 0 spiro atoms. The van der Waals surface area contributed by atoms with E-state index in [9.17, 15) is 19.5 Å². The van der Waals surface area contributed by atoms with Crippen molar-refractivity contribution in [2.24, 2.45) is 0 Å². The number of para-hydroxylation sites is 1. The van der Waals surface area contributed by atoms with Gasteiger partial charge < -0.3 is 19.3 Å². The molecule has 2 aromatic rings. The second-order valence-corrected chi connectivity index (χ2v) is 7.41. The molecule has 1 saturated heterocycles. The maximum absolute atomic E-state index is 12.8. The molecule has 3 heterocycles. The normalized spacial score (nSPS) is 18.7. The standard InChI is InChI=1S/C19H19ClN4O5/c1-22-9-10-24-14(18(22)27)15(25)17(26)21-16(24)12-6-4-8-23(12)19(28)29-13-7-3-2-5-11(13)20/h2-3,5,7,12,25H,4,6,8-10H2,1H3. The van der Waals surface area contributed by atoms with Crippen molar-refractivity contribution >= 4 is 23.6 Å². The van der Waals surface area contributed by atoms with Gasteiger partial charge in [-0.05, 0) is 25.0 Å². The van der Waals surface area contributed by atoms with Crippen LogP contribution >= 0.6 is 11.6 Å². The molecule has 1 fully saturated rings. The van der Waals surface area contributed by atoms with Crippen molar-refractivity contribution in [1.29, 1.82) is 0 Å². The Morgan fingerprint density at radius 1 is 1.24 bits per heavy atom. The Bertz CT molecular complexity index is 1050. The van der Waals surface area contributed by atoms with Crippen LogP contribution in [0.25, 0.3) is 0 Å².